The van der Waals surface area contributed by atoms with E-state index in [1.165, 1.54) is 315 Å². The highest BCUT2D eigenvalue weighted by molar-refractivity contribution is 5.76. The monoisotopic (exact) mass is 1020 g/mol. The second-order valence-corrected chi connectivity index (χ2v) is 23.2. The lowest BCUT2D eigenvalue weighted by Crippen LogP contribution is -2.45. The zero-order valence-electron chi connectivity index (χ0n) is 49.2. The van der Waals surface area contributed by atoms with Crippen molar-refractivity contribution in [1.82, 2.24) is 5.32 Å². The summed E-state index contributed by atoms with van der Waals surface area (Å²) in [5.41, 5.74) is 0. The molecule has 72 heavy (non-hydrogen) atoms. The van der Waals surface area contributed by atoms with Crippen LogP contribution in [0.2, 0.25) is 0 Å². The van der Waals surface area contributed by atoms with Gasteiger partial charge in [0.2, 0.25) is 5.91 Å². The first-order valence-corrected chi connectivity index (χ1v) is 33.3. The molecule has 0 aromatic rings. The fourth-order valence-corrected chi connectivity index (χ4v) is 10.8. The molecule has 0 aromatic carbocycles. The molecule has 3 N–H and O–H groups in total. The molecule has 2 atom stereocenters. The average Bonchev–Trinajstić information content (AvgIpc) is 3.38. The molecule has 0 fully saturated rings. The van der Waals surface area contributed by atoms with Crippen LogP contribution in [-0.4, -0.2) is 47.4 Å². The number of hydrogen-bond acceptors (Lipinski definition) is 5. The Balaban J connectivity index is 3.34. The molecule has 1 amide bonds. The molecule has 0 bridgehead atoms. The Morgan fingerprint density at radius 3 is 0.847 bits per heavy atom. The Kier molecular flexibility index (Phi) is 61.4. The molecular weight excluding hydrogens is 887 g/mol. The maximum absolute atomic E-state index is 12.5. The number of carbonyl (C=O) groups excluding carboxylic acids is 2. The van der Waals surface area contributed by atoms with Gasteiger partial charge in [-0.25, -0.2) is 0 Å². The molecule has 0 saturated carbocycles. The largest absolute Gasteiger partial charge is 0.466 e. The first kappa shape index (κ1) is 70.9. The number of hydrogen-bond donors (Lipinski definition) is 3. The minimum absolute atomic E-state index is 0.0196. The highest BCUT2D eigenvalue weighted by Crippen LogP contribution is 2.19. The highest BCUT2D eigenvalue weighted by Gasteiger charge is 2.20. The van der Waals surface area contributed by atoms with Crippen LogP contribution in [-0.2, 0) is 14.3 Å². The first-order chi connectivity index (χ1) is 35.5. The number of esters is 1. The smallest absolute Gasteiger partial charge is 0.305 e. The van der Waals surface area contributed by atoms with Gasteiger partial charge in [-0.15, -0.1) is 0 Å². The van der Waals surface area contributed by atoms with Crippen molar-refractivity contribution in [2.24, 2.45) is 0 Å². The molecule has 0 aliphatic rings. The summed E-state index contributed by atoms with van der Waals surface area (Å²) in [6, 6.07) is -0.540. The van der Waals surface area contributed by atoms with E-state index >= 15 is 0 Å². The molecule has 0 aromatic heterocycles. The summed E-state index contributed by atoms with van der Waals surface area (Å²) in [4.78, 5) is 24.6. The van der Waals surface area contributed by atoms with E-state index in [9.17, 15) is 19.8 Å². The molecule has 0 saturated heterocycles. The maximum atomic E-state index is 12.5. The van der Waals surface area contributed by atoms with E-state index in [1.807, 2.05) is 0 Å². The number of rotatable bonds is 63. The fourth-order valence-electron chi connectivity index (χ4n) is 10.8. The molecule has 430 valence electrons. The van der Waals surface area contributed by atoms with Crippen molar-refractivity contribution in [3.63, 3.8) is 0 Å². The first-order valence-electron chi connectivity index (χ1n) is 33.3. The topological polar surface area (TPSA) is 95.9 Å². The van der Waals surface area contributed by atoms with Crippen LogP contribution in [0.15, 0.2) is 0 Å². The van der Waals surface area contributed by atoms with E-state index in [0.717, 1.165) is 38.5 Å². The van der Waals surface area contributed by atoms with Gasteiger partial charge in [-0.3, -0.25) is 9.59 Å². The van der Waals surface area contributed by atoms with E-state index in [0.29, 0.717) is 25.9 Å². The summed E-state index contributed by atoms with van der Waals surface area (Å²) >= 11 is 0. The molecule has 6 heteroatoms. The summed E-state index contributed by atoms with van der Waals surface area (Å²) in [7, 11) is 0. The second-order valence-electron chi connectivity index (χ2n) is 23.2. The zero-order chi connectivity index (χ0) is 52.2. The third-order valence-electron chi connectivity index (χ3n) is 15.9. The van der Waals surface area contributed by atoms with Crippen LogP contribution in [0.25, 0.3) is 0 Å². The molecule has 0 aliphatic carbocycles. The van der Waals surface area contributed by atoms with Crippen LogP contribution < -0.4 is 5.32 Å². The van der Waals surface area contributed by atoms with Gasteiger partial charge >= 0.3 is 5.97 Å². The number of nitrogens with one attached hydrogen (secondary N) is 1. The molecule has 0 spiro atoms. The fraction of sp³-hybridized carbons (Fsp3) is 0.970. The van der Waals surface area contributed by atoms with Gasteiger partial charge in [-0.05, 0) is 25.7 Å². The van der Waals surface area contributed by atoms with Gasteiger partial charge < -0.3 is 20.3 Å². The van der Waals surface area contributed by atoms with Crippen LogP contribution >= 0.6 is 0 Å². The quantitative estimate of drug-likeness (QED) is 0.0417. The predicted octanol–water partition coefficient (Wildman–Crippen LogP) is 21.0. The van der Waals surface area contributed by atoms with Crippen LogP contribution in [0.1, 0.15) is 386 Å². The molecule has 2 unspecified atom stereocenters. The van der Waals surface area contributed by atoms with Gasteiger partial charge in [0.05, 0.1) is 25.4 Å². The number of ether oxygens (including phenoxy) is 1. The lowest BCUT2D eigenvalue weighted by Gasteiger charge is -2.22. The standard InChI is InChI=1S/C66H131NO5/c1-3-5-7-9-11-13-15-17-19-27-32-36-40-44-48-52-56-60-66(71)72-61-57-53-49-45-41-37-33-29-26-24-22-20-21-23-25-28-31-35-39-43-47-51-55-59-65(70)67-63(62-68)64(69)58-54-50-46-42-38-34-30-18-16-14-12-10-8-6-4-2/h63-64,68-69H,3-62H2,1-2H3,(H,67,70). The molecule has 0 aliphatic heterocycles. The summed E-state index contributed by atoms with van der Waals surface area (Å²) < 4.78 is 5.50. The summed E-state index contributed by atoms with van der Waals surface area (Å²) in [6.07, 6.45) is 74.1. The second kappa shape index (κ2) is 62.4. The average molecular weight is 1020 g/mol. The number of aliphatic hydroxyl groups excluding tert-OH is 2. The molecule has 0 heterocycles. The van der Waals surface area contributed by atoms with Crippen LogP contribution in [0, 0.1) is 0 Å². The summed E-state index contributed by atoms with van der Waals surface area (Å²) in [5.74, 6) is -0.0113. The highest BCUT2D eigenvalue weighted by atomic mass is 16.5. The molecule has 0 radical (unpaired) electrons. The van der Waals surface area contributed by atoms with Crippen LogP contribution in [0.5, 0.6) is 0 Å². The third kappa shape index (κ3) is 58.1. The summed E-state index contributed by atoms with van der Waals surface area (Å²) in [5, 5.41) is 23.3. The van der Waals surface area contributed by atoms with Crippen molar-refractivity contribution < 1.29 is 24.5 Å². The Morgan fingerprint density at radius 1 is 0.333 bits per heavy atom. The van der Waals surface area contributed by atoms with Gasteiger partial charge in [0.15, 0.2) is 0 Å². The van der Waals surface area contributed by atoms with Crippen LogP contribution in [0.4, 0.5) is 0 Å². The lowest BCUT2D eigenvalue weighted by atomic mass is 10.0. The number of carbonyl (C=O) groups is 2. The minimum atomic E-state index is -0.662. The van der Waals surface area contributed by atoms with Gasteiger partial charge in [0.25, 0.3) is 0 Å². The number of aliphatic hydroxyl groups is 2. The van der Waals surface area contributed by atoms with Gasteiger partial charge in [-0.1, -0.05) is 348 Å². The number of amides is 1. The Labute approximate surface area is 451 Å². The Hall–Kier alpha value is -1.14. The Morgan fingerprint density at radius 2 is 0.569 bits per heavy atom. The summed E-state index contributed by atoms with van der Waals surface area (Å²) in [6.45, 7) is 4.99. The van der Waals surface area contributed by atoms with Crippen molar-refractivity contribution in [2.75, 3.05) is 13.2 Å². The number of unbranched alkanes of at least 4 members (excludes halogenated alkanes) is 52. The van der Waals surface area contributed by atoms with Gasteiger partial charge in [0.1, 0.15) is 0 Å². The SMILES string of the molecule is CCCCCCCCCCCCCCCCCCCC(=O)OCCCCCCCCCCCCCCCCCCCCCCCCCC(=O)NC(CO)C(O)CCCCCCCCCCCCCCCCC. The Bertz CT molecular complexity index is 1040. The van der Waals surface area contributed by atoms with Crippen molar-refractivity contribution in [3.05, 3.63) is 0 Å². The van der Waals surface area contributed by atoms with E-state index in [1.54, 1.807) is 0 Å². The van der Waals surface area contributed by atoms with Gasteiger partial charge in [-0.2, -0.15) is 0 Å². The normalized spacial score (nSPS) is 12.4. The molecule has 0 rings (SSSR count). The van der Waals surface area contributed by atoms with Crippen molar-refractivity contribution >= 4 is 11.9 Å². The van der Waals surface area contributed by atoms with Crippen molar-refractivity contribution in [3.8, 4) is 0 Å². The van der Waals surface area contributed by atoms with Crippen molar-refractivity contribution in [1.29, 1.82) is 0 Å². The molecular formula is C66H131NO5. The van der Waals surface area contributed by atoms with Crippen LogP contribution in [0.3, 0.4) is 0 Å². The molecule has 6 nitrogen and oxygen atoms in total. The predicted molar refractivity (Wildman–Crippen MR) is 315 cm³/mol. The minimum Gasteiger partial charge on any atom is -0.466 e. The van der Waals surface area contributed by atoms with E-state index in [2.05, 4.69) is 19.2 Å². The lowest BCUT2D eigenvalue weighted by molar-refractivity contribution is -0.143. The zero-order valence-corrected chi connectivity index (χ0v) is 49.2. The maximum Gasteiger partial charge on any atom is 0.305 e. The van der Waals surface area contributed by atoms with E-state index < -0.39 is 12.1 Å². The van der Waals surface area contributed by atoms with Gasteiger partial charge in [0, 0.05) is 12.8 Å². The third-order valence-corrected chi connectivity index (χ3v) is 15.9. The van der Waals surface area contributed by atoms with E-state index in [-0.39, 0.29) is 18.5 Å². The van der Waals surface area contributed by atoms with Crippen molar-refractivity contribution in [2.45, 2.75) is 398 Å². The van der Waals surface area contributed by atoms with E-state index in [4.69, 9.17) is 4.74 Å².